The van der Waals surface area contributed by atoms with Crippen molar-refractivity contribution in [2.24, 2.45) is 0 Å². The maximum atomic E-state index is 13.4. The fourth-order valence-corrected chi connectivity index (χ4v) is 6.24. The van der Waals surface area contributed by atoms with Crippen molar-refractivity contribution >= 4 is 38.9 Å². The normalized spacial score (nSPS) is 19.0. The van der Waals surface area contributed by atoms with Crippen molar-refractivity contribution in [3.8, 4) is 0 Å². The smallest absolute Gasteiger partial charge is 0.266 e. The van der Waals surface area contributed by atoms with E-state index in [9.17, 15) is 9.59 Å². The number of nitrogens with one attached hydrogen (secondary N) is 1. The highest BCUT2D eigenvalue weighted by molar-refractivity contribution is 7.21. The molecule has 0 saturated carbocycles. The molecule has 0 spiro atoms. The fourth-order valence-electron chi connectivity index (χ4n) is 5.06. The molecule has 0 radical (unpaired) electrons. The molecule has 0 aliphatic carbocycles. The Morgan fingerprint density at radius 2 is 1.88 bits per heavy atom. The minimum absolute atomic E-state index is 0.0548. The molecule has 32 heavy (non-hydrogen) atoms. The third-order valence-corrected chi connectivity index (χ3v) is 7.86. The van der Waals surface area contributed by atoms with E-state index in [1.165, 1.54) is 18.4 Å². The SMILES string of the molecule is CC(=O)N1CCC(c2c(C(=O)Nc3cccc(CN4CCCC4)c3)sc3ccccc23)C1. The Hall–Kier alpha value is -2.70. The van der Waals surface area contributed by atoms with Gasteiger partial charge in [-0.15, -0.1) is 11.3 Å². The Morgan fingerprint density at radius 1 is 1.06 bits per heavy atom. The van der Waals surface area contributed by atoms with Crippen molar-refractivity contribution in [1.29, 1.82) is 0 Å². The molecule has 6 heteroatoms. The van der Waals surface area contributed by atoms with Crippen molar-refractivity contribution in [2.45, 2.75) is 38.6 Å². The van der Waals surface area contributed by atoms with E-state index in [0.717, 1.165) is 58.8 Å². The van der Waals surface area contributed by atoms with Gasteiger partial charge in [-0.05, 0) is 67.1 Å². The number of carbonyl (C=O) groups excluding carboxylic acids is 2. The van der Waals surface area contributed by atoms with Crippen LogP contribution in [0.5, 0.6) is 0 Å². The van der Waals surface area contributed by atoms with Crippen LogP contribution in [0.1, 0.15) is 52.9 Å². The molecule has 2 amide bonds. The summed E-state index contributed by atoms with van der Waals surface area (Å²) in [5.74, 6) is 0.242. The molecule has 1 N–H and O–H groups in total. The Kier molecular flexibility index (Phi) is 5.98. The minimum Gasteiger partial charge on any atom is -0.342 e. The van der Waals surface area contributed by atoms with Crippen LogP contribution in [-0.2, 0) is 11.3 Å². The van der Waals surface area contributed by atoms with Gasteiger partial charge in [-0.3, -0.25) is 14.5 Å². The van der Waals surface area contributed by atoms with Crippen LogP contribution >= 0.6 is 11.3 Å². The Balaban J connectivity index is 1.41. The van der Waals surface area contributed by atoms with Gasteiger partial charge in [0, 0.05) is 42.9 Å². The molecular weight excluding hydrogens is 418 g/mol. The number of nitrogens with zero attached hydrogens (tertiary/aromatic N) is 2. The van der Waals surface area contributed by atoms with E-state index in [0.29, 0.717) is 6.54 Å². The highest BCUT2D eigenvalue weighted by atomic mass is 32.1. The lowest BCUT2D eigenvalue weighted by atomic mass is 9.95. The Morgan fingerprint density at radius 3 is 2.66 bits per heavy atom. The molecule has 3 aromatic rings. The van der Waals surface area contributed by atoms with Crippen LogP contribution in [-0.4, -0.2) is 47.8 Å². The molecule has 166 valence electrons. The van der Waals surface area contributed by atoms with Crippen LogP contribution in [0.15, 0.2) is 48.5 Å². The van der Waals surface area contributed by atoms with Gasteiger partial charge in [-0.2, -0.15) is 0 Å². The number of hydrogen-bond donors (Lipinski definition) is 1. The van der Waals surface area contributed by atoms with Gasteiger partial charge in [0.2, 0.25) is 5.91 Å². The second kappa shape index (κ2) is 9.04. The van der Waals surface area contributed by atoms with Crippen molar-refractivity contribution < 1.29 is 9.59 Å². The highest BCUT2D eigenvalue weighted by Crippen LogP contribution is 2.40. The van der Waals surface area contributed by atoms with Gasteiger partial charge in [0.15, 0.2) is 0 Å². The average Bonchev–Trinajstić information content (AvgIpc) is 3.53. The minimum atomic E-state index is -0.0548. The Labute approximate surface area is 193 Å². The molecule has 5 rings (SSSR count). The molecule has 2 aliphatic heterocycles. The summed E-state index contributed by atoms with van der Waals surface area (Å²) >= 11 is 1.55. The molecule has 1 unspecified atom stereocenters. The van der Waals surface area contributed by atoms with E-state index in [4.69, 9.17) is 0 Å². The highest BCUT2D eigenvalue weighted by Gasteiger charge is 2.31. The van der Waals surface area contributed by atoms with Crippen molar-refractivity contribution in [3.05, 3.63) is 64.5 Å². The van der Waals surface area contributed by atoms with Gasteiger partial charge in [0.25, 0.3) is 5.91 Å². The summed E-state index contributed by atoms with van der Waals surface area (Å²) in [7, 11) is 0. The molecule has 2 aromatic carbocycles. The topological polar surface area (TPSA) is 52.7 Å². The van der Waals surface area contributed by atoms with Gasteiger partial charge >= 0.3 is 0 Å². The molecular formula is C26H29N3O2S. The molecule has 2 fully saturated rings. The zero-order chi connectivity index (χ0) is 22.1. The van der Waals surface area contributed by atoms with E-state index in [2.05, 4.69) is 34.5 Å². The number of amides is 2. The summed E-state index contributed by atoms with van der Waals surface area (Å²) in [5, 5.41) is 4.29. The third kappa shape index (κ3) is 4.30. The van der Waals surface area contributed by atoms with Crippen LogP contribution < -0.4 is 5.32 Å². The first kappa shape index (κ1) is 21.2. The van der Waals surface area contributed by atoms with Gasteiger partial charge in [0.1, 0.15) is 0 Å². The molecule has 2 aliphatic rings. The molecule has 0 bridgehead atoms. The monoisotopic (exact) mass is 447 g/mol. The predicted molar refractivity (Wildman–Crippen MR) is 130 cm³/mol. The maximum absolute atomic E-state index is 13.4. The number of benzene rings is 2. The second-order valence-corrected chi connectivity index (χ2v) is 9.98. The van der Waals surface area contributed by atoms with Gasteiger partial charge in [-0.25, -0.2) is 0 Å². The van der Waals surface area contributed by atoms with E-state index < -0.39 is 0 Å². The summed E-state index contributed by atoms with van der Waals surface area (Å²) in [6.45, 7) is 6.30. The number of carbonyl (C=O) groups is 2. The number of anilines is 1. The maximum Gasteiger partial charge on any atom is 0.266 e. The lowest BCUT2D eigenvalue weighted by Crippen LogP contribution is -2.25. The van der Waals surface area contributed by atoms with E-state index >= 15 is 0 Å². The first-order valence-electron chi connectivity index (χ1n) is 11.5. The summed E-state index contributed by atoms with van der Waals surface area (Å²) in [5.41, 5.74) is 3.17. The second-order valence-electron chi connectivity index (χ2n) is 8.93. The third-order valence-electron chi connectivity index (χ3n) is 6.67. The van der Waals surface area contributed by atoms with E-state index in [1.54, 1.807) is 18.3 Å². The summed E-state index contributed by atoms with van der Waals surface area (Å²) in [6.07, 6.45) is 3.44. The molecule has 2 saturated heterocycles. The number of thiophene rings is 1. The molecule has 3 heterocycles. The molecule has 5 nitrogen and oxygen atoms in total. The Bertz CT molecular complexity index is 1150. The number of fused-ring (bicyclic) bond motifs is 1. The predicted octanol–water partition coefficient (Wildman–Crippen LogP) is 5.09. The largest absolute Gasteiger partial charge is 0.342 e. The van der Waals surface area contributed by atoms with Crippen molar-refractivity contribution in [1.82, 2.24) is 9.80 Å². The molecule has 1 aromatic heterocycles. The lowest BCUT2D eigenvalue weighted by molar-refractivity contribution is -0.127. The van der Waals surface area contributed by atoms with Crippen molar-refractivity contribution in [2.75, 3.05) is 31.5 Å². The van der Waals surface area contributed by atoms with Crippen LogP contribution in [0.3, 0.4) is 0 Å². The number of likely N-dealkylation sites (tertiary alicyclic amines) is 2. The number of rotatable bonds is 5. The summed E-state index contributed by atoms with van der Waals surface area (Å²) in [6, 6.07) is 16.4. The average molecular weight is 448 g/mol. The van der Waals surface area contributed by atoms with Gasteiger partial charge in [-0.1, -0.05) is 30.3 Å². The van der Waals surface area contributed by atoms with E-state index in [-0.39, 0.29) is 17.7 Å². The fraction of sp³-hybridized carbons (Fsp3) is 0.385. The lowest BCUT2D eigenvalue weighted by Gasteiger charge is -2.16. The first-order chi connectivity index (χ1) is 15.6. The van der Waals surface area contributed by atoms with Crippen LogP contribution in [0, 0.1) is 0 Å². The van der Waals surface area contributed by atoms with Crippen LogP contribution in [0.4, 0.5) is 5.69 Å². The standard InChI is InChI=1S/C26H29N3O2S/c1-18(30)29-14-11-20(17-29)24-22-9-2-3-10-23(22)32-25(24)26(31)27-21-8-6-7-19(15-21)16-28-12-4-5-13-28/h2-3,6-10,15,20H,4-5,11-14,16-17H2,1H3,(H,27,31). The molecule has 1 atom stereocenters. The summed E-state index contributed by atoms with van der Waals surface area (Å²) < 4.78 is 1.12. The van der Waals surface area contributed by atoms with E-state index in [1.807, 2.05) is 29.2 Å². The summed E-state index contributed by atoms with van der Waals surface area (Å²) in [4.78, 5) is 30.5. The van der Waals surface area contributed by atoms with Gasteiger partial charge < -0.3 is 10.2 Å². The quantitative estimate of drug-likeness (QED) is 0.593. The zero-order valence-corrected chi connectivity index (χ0v) is 19.3. The van der Waals surface area contributed by atoms with Crippen molar-refractivity contribution in [3.63, 3.8) is 0 Å². The van der Waals surface area contributed by atoms with Gasteiger partial charge in [0.05, 0.1) is 4.88 Å². The zero-order valence-electron chi connectivity index (χ0n) is 18.5. The van der Waals surface area contributed by atoms with Crippen LogP contribution in [0.2, 0.25) is 0 Å². The number of hydrogen-bond acceptors (Lipinski definition) is 4. The van der Waals surface area contributed by atoms with Crippen LogP contribution in [0.25, 0.3) is 10.1 Å². The first-order valence-corrected chi connectivity index (χ1v) is 12.3.